The topological polar surface area (TPSA) is 93.7 Å². The van der Waals surface area contributed by atoms with E-state index < -0.39 is 6.04 Å². The molecular weight excluding hydrogens is 398 g/mol. The largest absolute Gasteiger partial charge is 0.381 e. The Morgan fingerprint density at radius 1 is 1.13 bits per heavy atom. The van der Waals surface area contributed by atoms with E-state index in [1.165, 1.54) is 0 Å². The molecule has 31 heavy (non-hydrogen) atoms. The number of amides is 1. The molecule has 0 N–H and O–H groups in total. The second-order valence-electron chi connectivity index (χ2n) is 9.52. The van der Waals surface area contributed by atoms with Gasteiger partial charge in [0.1, 0.15) is 6.04 Å². The summed E-state index contributed by atoms with van der Waals surface area (Å²) in [7, 11) is 0. The Balaban J connectivity index is 1.32. The van der Waals surface area contributed by atoms with Gasteiger partial charge < -0.3 is 14.2 Å². The van der Waals surface area contributed by atoms with Crippen molar-refractivity contribution in [2.45, 2.75) is 31.8 Å². The van der Waals surface area contributed by atoms with Gasteiger partial charge in [-0.25, -0.2) is 0 Å². The normalized spacial score (nSPS) is 32.2. The minimum absolute atomic E-state index is 0.0736. The Kier molecular flexibility index (Phi) is 4.50. The number of hydrogen-bond donors (Lipinski definition) is 0. The predicted octanol–water partition coefficient (Wildman–Crippen LogP) is 0.805. The van der Waals surface area contributed by atoms with E-state index in [9.17, 15) is 9.59 Å². The summed E-state index contributed by atoms with van der Waals surface area (Å²) in [5.74, 6) is 2.47. The maximum Gasteiger partial charge on any atom is 0.251 e. The number of likely N-dealkylation sites (tertiary alicyclic amines) is 2. The molecule has 0 radical (unpaired) electrons. The minimum Gasteiger partial charge on any atom is -0.381 e. The van der Waals surface area contributed by atoms with E-state index in [0.29, 0.717) is 30.1 Å². The zero-order valence-corrected chi connectivity index (χ0v) is 17.6. The van der Waals surface area contributed by atoms with Crippen LogP contribution in [0.4, 0.5) is 0 Å². The number of pyridine rings is 1. The number of carbonyl (C=O) groups excluding carboxylic acids is 1. The van der Waals surface area contributed by atoms with Gasteiger partial charge in [-0.3, -0.25) is 19.1 Å². The molecule has 4 aliphatic heterocycles. The fourth-order valence-electron chi connectivity index (χ4n) is 6.13. The fraction of sp³-hybridized carbons (Fsp3) is 0.636. The first kappa shape index (κ1) is 19.2. The van der Waals surface area contributed by atoms with Gasteiger partial charge in [-0.2, -0.15) is 4.98 Å². The SMILES string of the molecule is Cc1nc(CN2C[C@H]3C[C@@H](C2)[C@H](C(=O)N2C[C@H]4COC[C@H]4C2)n2c3cccc2=O)no1. The van der Waals surface area contributed by atoms with Gasteiger partial charge in [0.05, 0.1) is 19.8 Å². The number of fused-ring (bicyclic) bond motifs is 5. The van der Waals surface area contributed by atoms with Gasteiger partial charge in [-0.1, -0.05) is 11.2 Å². The Bertz CT molecular complexity index is 1050. The Hall–Kier alpha value is -2.52. The molecule has 0 unspecified atom stereocenters. The van der Waals surface area contributed by atoms with Crippen molar-refractivity contribution in [1.82, 2.24) is 24.5 Å². The molecule has 2 bridgehead atoms. The van der Waals surface area contributed by atoms with Gasteiger partial charge >= 0.3 is 0 Å². The highest BCUT2D eigenvalue weighted by Gasteiger charge is 2.47. The van der Waals surface area contributed by atoms with Gasteiger partial charge in [0.15, 0.2) is 5.82 Å². The summed E-state index contributed by atoms with van der Waals surface area (Å²) < 4.78 is 12.5. The Morgan fingerprint density at radius 3 is 2.68 bits per heavy atom. The predicted molar refractivity (Wildman–Crippen MR) is 109 cm³/mol. The van der Waals surface area contributed by atoms with Crippen LogP contribution < -0.4 is 5.56 Å². The molecule has 6 rings (SSSR count). The van der Waals surface area contributed by atoms with Crippen LogP contribution in [0, 0.1) is 24.7 Å². The number of ether oxygens (including phenoxy) is 1. The lowest BCUT2D eigenvalue weighted by Crippen LogP contribution is -2.53. The van der Waals surface area contributed by atoms with E-state index in [2.05, 4.69) is 15.0 Å². The molecule has 3 saturated heterocycles. The highest BCUT2D eigenvalue weighted by Crippen LogP contribution is 2.43. The van der Waals surface area contributed by atoms with E-state index >= 15 is 0 Å². The van der Waals surface area contributed by atoms with E-state index in [-0.39, 0.29) is 23.3 Å². The lowest BCUT2D eigenvalue weighted by Gasteiger charge is -2.46. The summed E-state index contributed by atoms with van der Waals surface area (Å²) in [6, 6.07) is 4.96. The first-order valence-electron chi connectivity index (χ1n) is 11.2. The highest BCUT2D eigenvalue weighted by molar-refractivity contribution is 5.81. The van der Waals surface area contributed by atoms with Gasteiger partial charge in [0.2, 0.25) is 11.8 Å². The lowest BCUT2D eigenvalue weighted by atomic mass is 9.78. The average molecular weight is 425 g/mol. The molecule has 2 aromatic rings. The maximum atomic E-state index is 13.8. The van der Waals surface area contributed by atoms with Crippen LogP contribution in [0.25, 0.3) is 0 Å². The monoisotopic (exact) mass is 425 g/mol. The summed E-state index contributed by atoms with van der Waals surface area (Å²) >= 11 is 0. The van der Waals surface area contributed by atoms with Gasteiger partial charge in [0, 0.05) is 68.5 Å². The van der Waals surface area contributed by atoms with Crippen molar-refractivity contribution in [3.05, 3.63) is 46.0 Å². The first-order valence-corrected chi connectivity index (χ1v) is 11.2. The maximum absolute atomic E-state index is 13.8. The fourth-order valence-corrected chi connectivity index (χ4v) is 6.13. The van der Waals surface area contributed by atoms with E-state index in [1.807, 2.05) is 17.0 Å². The number of aryl methyl sites for hydroxylation is 1. The third-order valence-electron chi connectivity index (χ3n) is 7.46. The average Bonchev–Trinajstić information content (AvgIpc) is 3.45. The number of nitrogens with zero attached hydrogens (tertiary/aromatic N) is 5. The van der Waals surface area contributed by atoms with Crippen molar-refractivity contribution in [1.29, 1.82) is 0 Å². The third-order valence-corrected chi connectivity index (χ3v) is 7.46. The standard InChI is InChI=1S/C22H27N5O4/c1-13-23-19(24-31-13)10-25-6-14-5-15(7-25)21(27-18(14)3-2-4-20(27)28)22(29)26-8-16-11-30-12-17(16)9-26/h2-4,14-17,21H,5-12H2,1H3/t14-,15+,16-,17+,21-/m1/s1. The molecule has 3 fully saturated rings. The van der Waals surface area contributed by atoms with Crippen LogP contribution in [0.1, 0.15) is 35.8 Å². The molecule has 0 saturated carbocycles. The molecule has 2 aromatic heterocycles. The zero-order valence-electron chi connectivity index (χ0n) is 17.6. The zero-order chi connectivity index (χ0) is 21.1. The molecule has 164 valence electrons. The second kappa shape index (κ2) is 7.27. The molecule has 0 spiro atoms. The summed E-state index contributed by atoms with van der Waals surface area (Å²) in [5.41, 5.74) is 0.898. The molecule has 4 aliphatic rings. The minimum atomic E-state index is -0.450. The molecule has 1 amide bonds. The highest BCUT2D eigenvalue weighted by atomic mass is 16.5. The van der Waals surface area contributed by atoms with Crippen LogP contribution >= 0.6 is 0 Å². The van der Waals surface area contributed by atoms with Crippen LogP contribution in [0.5, 0.6) is 0 Å². The Labute approximate surface area is 180 Å². The quantitative estimate of drug-likeness (QED) is 0.718. The van der Waals surface area contributed by atoms with Crippen molar-refractivity contribution in [2.75, 3.05) is 39.4 Å². The van der Waals surface area contributed by atoms with E-state index in [4.69, 9.17) is 9.26 Å². The Morgan fingerprint density at radius 2 is 1.94 bits per heavy atom. The number of hydrogen-bond acceptors (Lipinski definition) is 7. The van der Waals surface area contributed by atoms with Crippen LogP contribution in [0.15, 0.2) is 27.5 Å². The molecule has 9 heteroatoms. The van der Waals surface area contributed by atoms with Crippen molar-refractivity contribution < 1.29 is 14.1 Å². The van der Waals surface area contributed by atoms with Crippen molar-refractivity contribution in [3.8, 4) is 0 Å². The van der Waals surface area contributed by atoms with Crippen molar-refractivity contribution in [2.24, 2.45) is 17.8 Å². The van der Waals surface area contributed by atoms with Crippen LogP contribution in [-0.4, -0.2) is 69.8 Å². The second-order valence-corrected chi connectivity index (χ2v) is 9.52. The van der Waals surface area contributed by atoms with Crippen LogP contribution in [0.3, 0.4) is 0 Å². The molecule has 9 nitrogen and oxygen atoms in total. The lowest BCUT2D eigenvalue weighted by molar-refractivity contribution is -0.138. The summed E-state index contributed by atoms with van der Waals surface area (Å²) in [4.78, 5) is 35.3. The first-order chi connectivity index (χ1) is 15.1. The summed E-state index contributed by atoms with van der Waals surface area (Å²) in [5, 5.41) is 4.04. The number of aromatic nitrogens is 3. The van der Waals surface area contributed by atoms with E-state index in [0.717, 1.165) is 51.5 Å². The van der Waals surface area contributed by atoms with Crippen molar-refractivity contribution >= 4 is 5.91 Å². The molecule has 0 aromatic carbocycles. The van der Waals surface area contributed by atoms with Crippen molar-refractivity contribution in [3.63, 3.8) is 0 Å². The van der Waals surface area contributed by atoms with E-state index in [1.54, 1.807) is 17.6 Å². The number of carbonyl (C=O) groups is 1. The molecular formula is C22H27N5O4. The van der Waals surface area contributed by atoms with Gasteiger partial charge in [0.25, 0.3) is 5.56 Å². The van der Waals surface area contributed by atoms with Gasteiger partial charge in [-0.05, 0) is 12.5 Å². The summed E-state index contributed by atoms with van der Waals surface area (Å²) in [6.45, 7) is 6.88. The summed E-state index contributed by atoms with van der Waals surface area (Å²) in [6.07, 6.45) is 0.922. The number of piperidine rings is 1. The molecule has 6 heterocycles. The molecule has 0 aliphatic carbocycles. The van der Waals surface area contributed by atoms with Crippen LogP contribution in [-0.2, 0) is 16.1 Å². The van der Waals surface area contributed by atoms with Crippen LogP contribution in [0.2, 0.25) is 0 Å². The molecule has 5 atom stereocenters. The van der Waals surface area contributed by atoms with Gasteiger partial charge in [-0.15, -0.1) is 0 Å². The third kappa shape index (κ3) is 3.22. The smallest absolute Gasteiger partial charge is 0.251 e. The number of rotatable bonds is 3.